The lowest BCUT2D eigenvalue weighted by Gasteiger charge is -2.12. The highest BCUT2D eigenvalue weighted by atomic mass is 35.5. The number of methoxy groups -OCH3 is 3. The van der Waals surface area contributed by atoms with Crippen LogP contribution in [0.4, 0.5) is 5.69 Å². The maximum absolute atomic E-state index is 12.8. The van der Waals surface area contributed by atoms with E-state index in [4.69, 9.17) is 40.9 Å². The van der Waals surface area contributed by atoms with Gasteiger partial charge in [0.05, 0.1) is 38.3 Å². The van der Waals surface area contributed by atoms with Gasteiger partial charge in [0.15, 0.2) is 28.1 Å². The third-order valence-electron chi connectivity index (χ3n) is 5.55. The molecule has 188 valence electrons. The lowest BCUT2D eigenvalue weighted by molar-refractivity contribution is -0.113. The van der Waals surface area contributed by atoms with Crippen LogP contribution >= 0.6 is 23.4 Å². The van der Waals surface area contributed by atoms with Gasteiger partial charge in [-0.05, 0) is 24.3 Å². The predicted octanol–water partition coefficient (Wildman–Crippen LogP) is 5.35. The predicted molar refractivity (Wildman–Crippen MR) is 144 cm³/mol. The van der Waals surface area contributed by atoms with E-state index in [-0.39, 0.29) is 11.7 Å². The van der Waals surface area contributed by atoms with Crippen molar-refractivity contribution in [1.82, 2.24) is 19.6 Å². The van der Waals surface area contributed by atoms with Crippen LogP contribution in [0.1, 0.15) is 0 Å². The summed E-state index contributed by atoms with van der Waals surface area (Å²) in [6, 6.07) is 18.3. The summed E-state index contributed by atoms with van der Waals surface area (Å²) in [7, 11) is 4.67. The SMILES string of the molecule is COc1ccc(Cl)cc1NC(=O)CSc1nc2cc(OC)c(OC)cc2c2nc(-c3ccccc3)nn12. The molecule has 0 aliphatic heterocycles. The van der Waals surface area contributed by atoms with Crippen molar-refractivity contribution in [1.29, 1.82) is 0 Å². The van der Waals surface area contributed by atoms with E-state index >= 15 is 0 Å². The van der Waals surface area contributed by atoms with Gasteiger partial charge < -0.3 is 19.5 Å². The smallest absolute Gasteiger partial charge is 0.234 e. The van der Waals surface area contributed by atoms with Crippen LogP contribution in [0, 0.1) is 0 Å². The van der Waals surface area contributed by atoms with Crippen molar-refractivity contribution in [3.05, 3.63) is 65.7 Å². The average molecular weight is 536 g/mol. The molecule has 11 heteroatoms. The van der Waals surface area contributed by atoms with E-state index in [0.29, 0.717) is 50.1 Å². The number of amides is 1. The van der Waals surface area contributed by atoms with Crippen molar-refractivity contribution in [3.8, 4) is 28.6 Å². The zero-order chi connectivity index (χ0) is 25.9. The Morgan fingerprint density at radius 2 is 1.68 bits per heavy atom. The first-order valence-corrected chi connectivity index (χ1v) is 12.5. The van der Waals surface area contributed by atoms with E-state index in [0.717, 1.165) is 10.9 Å². The first-order chi connectivity index (χ1) is 18.0. The Labute approximate surface area is 221 Å². The van der Waals surface area contributed by atoms with E-state index in [2.05, 4.69) is 5.32 Å². The maximum Gasteiger partial charge on any atom is 0.234 e. The Balaban J connectivity index is 1.54. The highest BCUT2D eigenvalue weighted by Gasteiger charge is 2.19. The first kappa shape index (κ1) is 24.7. The second kappa shape index (κ2) is 10.5. The highest BCUT2D eigenvalue weighted by Crippen LogP contribution is 2.35. The number of nitrogens with one attached hydrogen (secondary N) is 1. The lowest BCUT2D eigenvalue weighted by Crippen LogP contribution is -2.15. The van der Waals surface area contributed by atoms with E-state index in [9.17, 15) is 4.79 Å². The molecule has 0 spiro atoms. The number of hydrogen-bond donors (Lipinski definition) is 1. The molecule has 0 atom stereocenters. The van der Waals surface area contributed by atoms with Gasteiger partial charge in [-0.15, -0.1) is 5.10 Å². The van der Waals surface area contributed by atoms with Crippen LogP contribution in [0.15, 0.2) is 65.8 Å². The molecule has 5 rings (SSSR count). The molecule has 9 nitrogen and oxygen atoms in total. The fourth-order valence-electron chi connectivity index (χ4n) is 3.81. The zero-order valence-electron chi connectivity index (χ0n) is 20.2. The quantitative estimate of drug-likeness (QED) is 0.209. The van der Waals surface area contributed by atoms with E-state index in [1.165, 1.54) is 18.9 Å². The van der Waals surface area contributed by atoms with Gasteiger partial charge in [-0.1, -0.05) is 53.7 Å². The van der Waals surface area contributed by atoms with Gasteiger partial charge in [0, 0.05) is 22.0 Å². The third kappa shape index (κ3) is 4.98. The van der Waals surface area contributed by atoms with Crippen LogP contribution in [0.2, 0.25) is 5.02 Å². The topological polar surface area (TPSA) is 99.9 Å². The molecule has 0 saturated heterocycles. The molecular formula is C26H22ClN5O4S. The van der Waals surface area contributed by atoms with Crippen LogP contribution in [-0.4, -0.2) is 52.6 Å². The fraction of sp³-hybridized carbons (Fsp3) is 0.154. The molecule has 0 unspecified atom stereocenters. The number of halogens is 1. The van der Waals surface area contributed by atoms with Crippen molar-refractivity contribution in [2.45, 2.75) is 5.16 Å². The summed E-state index contributed by atoms with van der Waals surface area (Å²) >= 11 is 7.32. The number of carbonyl (C=O) groups excluding carboxylic acids is 1. The Hall–Kier alpha value is -4.02. The molecule has 2 heterocycles. The molecule has 2 aromatic heterocycles. The second-order valence-corrected chi connectivity index (χ2v) is 9.22. The number of nitrogens with zero attached hydrogens (tertiary/aromatic N) is 4. The van der Waals surface area contributed by atoms with Gasteiger partial charge >= 0.3 is 0 Å². The molecule has 0 aliphatic rings. The molecule has 0 bridgehead atoms. The Kier molecular flexibility index (Phi) is 7.02. The summed E-state index contributed by atoms with van der Waals surface area (Å²) in [5.74, 6) is 1.96. The summed E-state index contributed by atoms with van der Waals surface area (Å²) in [5.41, 5.74) is 2.57. The Bertz CT molecular complexity index is 1610. The largest absolute Gasteiger partial charge is 0.495 e. The zero-order valence-corrected chi connectivity index (χ0v) is 21.8. The van der Waals surface area contributed by atoms with Crippen LogP contribution in [0.3, 0.4) is 0 Å². The molecule has 0 aliphatic carbocycles. The van der Waals surface area contributed by atoms with Gasteiger partial charge in [0.2, 0.25) is 5.91 Å². The van der Waals surface area contributed by atoms with Gasteiger partial charge in [-0.25, -0.2) is 9.97 Å². The standard InChI is InChI=1S/C26H22ClN5O4S/c1-34-20-10-9-16(27)11-19(20)28-23(33)14-37-26-29-18-13-22(36-3)21(35-2)12-17(18)25-30-24(31-32(25)26)15-7-5-4-6-8-15/h4-13H,14H2,1-3H3,(H,28,33). The Morgan fingerprint density at radius 1 is 0.946 bits per heavy atom. The molecule has 0 radical (unpaired) electrons. The van der Waals surface area contributed by atoms with Crippen molar-refractivity contribution in [3.63, 3.8) is 0 Å². The van der Waals surface area contributed by atoms with Crippen molar-refractivity contribution < 1.29 is 19.0 Å². The van der Waals surface area contributed by atoms with Crippen LogP contribution in [-0.2, 0) is 4.79 Å². The van der Waals surface area contributed by atoms with Crippen LogP contribution < -0.4 is 19.5 Å². The molecule has 1 N–H and O–H groups in total. The van der Waals surface area contributed by atoms with E-state index < -0.39 is 0 Å². The molecule has 5 aromatic rings. The minimum absolute atomic E-state index is 0.0666. The van der Waals surface area contributed by atoms with Crippen molar-refractivity contribution in [2.75, 3.05) is 32.4 Å². The molecular weight excluding hydrogens is 514 g/mol. The number of aromatic nitrogens is 4. The van der Waals surface area contributed by atoms with E-state index in [1.54, 1.807) is 43.0 Å². The molecule has 37 heavy (non-hydrogen) atoms. The number of benzene rings is 3. The summed E-state index contributed by atoms with van der Waals surface area (Å²) in [6.45, 7) is 0. The summed E-state index contributed by atoms with van der Waals surface area (Å²) in [5, 5.41) is 9.28. The molecule has 0 fully saturated rings. The Morgan fingerprint density at radius 3 is 2.41 bits per heavy atom. The molecule has 1 amide bonds. The number of ether oxygens (including phenoxy) is 3. The normalized spacial score (nSPS) is 11.0. The van der Waals surface area contributed by atoms with Gasteiger partial charge in [0.1, 0.15) is 5.75 Å². The molecule has 0 saturated carbocycles. The lowest BCUT2D eigenvalue weighted by atomic mass is 10.2. The average Bonchev–Trinajstić information content (AvgIpc) is 3.37. The third-order valence-corrected chi connectivity index (χ3v) is 6.71. The monoisotopic (exact) mass is 535 g/mol. The van der Waals surface area contributed by atoms with E-state index in [1.807, 2.05) is 36.4 Å². The second-order valence-electron chi connectivity index (χ2n) is 7.84. The van der Waals surface area contributed by atoms with Gasteiger partial charge in [0.25, 0.3) is 0 Å². The minimum atomic E-state index is -0.253. The number of fused-ring (bicyclic) bond motifs is 3. The summed E-state index contributed by atoms with van der Waals surface area (Å²) < 4.78 is 17.9. The van der Waals surface area contributed by atoms with Gasteiger partial charge in [-0.2, -0.15) is 4.52 Å². The number of rotatable bonds is 8. The summed E-state index contributed by atoms with van der Waals surface area (Å²) in [4.78, 5) is 22.4. The highest BCUT2D eigenvalue weighted by molar-refractivity contribution is 7.99. The van der Waals surface area contributed by atoms with Crippen LogP contribution in [0.5, 0.6) is 17.2 Å². The van der Waals surface area contributed by atoms with Crippen molar-refractivity contribution in [2.24, 2.45) is 0 Å². The first-order valence-electron chi connectivity index (χ1n) is 11.1. The molecule has 3 aromatic carbocycles. The van der Waals surface area contributed by atoms with Gasteiger partial charge in [-0.3, -0.25) is 4.79 Å². The number of thioether (sulfide) groups is 1. The van der Waals surface area contributed by atoms with Crippen LogP contribution in [0.25, 0.3) is 27.9 Å². The maximum atomic E-state index is 12.8. The number of hydrogen-bond acceptors (Lipinski definition) is 8. The number of carbonyl (C=O) groups is 1. The number of anilines is 1. The minimum Gasteiger partial charge on any atom is -0.495 e. The fourth-order valence-corrected chi connectivity index (χ4v) is 4.72. The van der Waals surface area contributed by atoms with Crippen molar-refractivity contribution >= 4 is 51.5 Å². The summed E-state index contributed by atoms with van der Waals surface area (Å²) in [6.07, 6.45) is 0.